The summed E-state index contributed by atoms with van der Waals surface area (Å²) in [6, 6.07) is 24.1. The van der Waals surface area contributed by atoms with Crippen LogP contribution in [0.4, 0.5) is 26.7 Å². The molecule has 1 aliphatic heterocycles. The Morgan fingerprint density at radius 2 is 1.72 bits per heavy atom. The molecule has 0 aliphatic carbocycles. The van der Waals surface area contributed by atoms with E-state index < -0.39 is 18.2 Å². The Balaban J connectivity index is 1.35. The summed E-state index contributed by atoms with van der Waals surface area (Å²) in [5, 5.41) is 20.5. The second kappa shape index (κ2) is 14.2. The van der Waals surface area contributed by atoms with E-state index in [4.69, 9.17) is 9.47 Å². The van der Waals surface area contributed by atoms with E-state index in [1.54, 1.807) is 68.4 Å². The van der Waals surface area contributed by atoms with E-state index in [1.807, 2.05) is 49.4 Å². The Morgan fingerprint density at radius 3 is 2.46 bits per heavy atom. The van der Waals surface area contributed by atoms with Gasteiger partial charge < -0.3 is 40.3 Å². The zero-order valence-electron chi connectivity index (χ0n) is 26.3. The van der Waals surface area contributed by atoms with Crippen molar-refractivity contribution in [3.8, 4) is 11.5 Å². The van der Waals surface area contributed by atoms with Crippen molar-refractivity contribution in [2.45, 2.75) is 26.0 Å². The summed E-state index contributed by atoms with van der Waals surface area (Å²) in [5.41, 5.74) is 1.91. The van der Waals surface area contributed by atoms with Crippen molar-refractivity contribution in [1.29, 1.82) is 0 Å². The molecule has 240 valence electrons. The number of benzene rings is 4. The number of carbonyl (C=O) groups excluding carboxylic acids is 3. The fraction of sp³-hybridized carbons (Fsp3) is 0.286. The van der Waals surface area contributed by atoms with Crippen molar-refractivity contribution in [3.63, 3.8) is 0 Å². The molecule has 4 aromatic carbocycles. The summed E-state index contributed by atoms with van der Waals surface area (Å²) >= 11 is 0. The van der Waals surface area contributed by atoms with Gasteiger partial charge in [0.25, 0.3) is 5.91 Å². The first kappa shape index (κ1) is 32.1. The SMILES string of the molecule is COc1ccc(NC(=O)N(C)C[C@H]2Oc3ccc(NC(=O)Nc4cccc5ccccc45)cc3C(=O)N([C@@H](C)CO)C[C@H]2C)cc1. The van der Waals surface area contributed by atoms with Crippen LogP contribution < -0.4 is 25.4 Å². The molecule has 11 heteroatoms. The van der Waals surface area contributed by atoms with Crippen LogP contribution in [0.25, 0.3) is 10.8 Å². The van der Waals surface area contributed by atoms with Gasteiger partial charge in [0, 0.05) is 36.3 Å². The van der Waals surface area contributed by atoms with Crippen LogP contribution in [0.1, 0.15) is 24.2 Å². The summed E-state index contributed by atoms with van der Waals surface area (Å²) in [6.45, 7) is 4.01. The Kier molecular flexibility index (Phi) is 9.92. The fourth-order valence-electron chi connectivity index (χ4n) is 5.38. The standard InChI is InChI=1S/C35H39N5O6/c1-22-19-40(23(2)21-41)33(42)29-18-26(36-34(43)38-30-11-7-9-24-8-5-6-10-28(24)30)14-17-31(29)46-32(22)20-39(3)35(44)37-25-12-15-27(45-4)16-13-25/h5-18,22-23,32,41H,19-21H2,1-4H3,(H,37,44)(H2,36,38,43)/t22-,23+,32-/m1/s1. The molecule has 0 fully saturated rings. The molecule has 1 aliphatic rings. The van der Waals surface area contributed by atoms with Gasteiger partial charge in [-0.1, -0.05) is 43.3 Å². The molecule has 0 saturated heterocycles. The number of nitrogens with one attached hydrogen (secondary N) is 3. The third-order valence-electron chi connectivity index (χ3n) is 8.10. The lowest BCUT2D eigenvalue weighted by atomic mass is 9.99. The van der Waals surface area contributed by atoms with Gasteiger partial charge in [0.1, 0.15) is 17.6 Å². The number of hydrogen-bond acceptors (Lipinski definition) is 6. The maximum atomic E-state index is 13.8. The molecule has 0 spiro atoms. The number of carbonyl (C=O) groups is 3. The quantitative estimate of drug-likeness (QED) is 0.194. The topological polar surface area (TPSA) is 132 Å². The molecule has 5 rings (SSSR count). The molecule has 4 aromatic rings. The van der Waals surface area contributed by atoms with E-state index in [2.05, 4.69) is 16.0 Å². The van der Waals surface area contributed by atoms with E-state index in [-0.39, 0.29) is 43.1 Å². The normalized spacial score (nSPS) is 16.7. The molecule has 1 heterocycles. The number of anilines is 3. The van der Waals surface area contributed by atoms with Gasteiger partial charge >= 0.3 is 12.1 Å². The molecular formula is C35H39N5O6. The Bertz CT molecular complexity index is 1710. The first-order chi connectivity index (χ1) is 22.2. The third-order valence-corrected chi connectivity index (χ3v) is 8.10. The lowest BCUT2D eigenvalue weighted by Gasteiger charge is -2.38. The van der Waals surface area contributed by atoms with Crippen LogP contribution in [-0.4, -0.2) is 78.9 Å². The smallest absolute Gasteiger partial charge is 0.323 e. The Morgan fingerprint density at radius 1 is 1.00 bits per heavy atom. The average Bonchev–Trinajstić information content (AvgIpc) is 3.06. The summed E-state index contributed by atoms with van der Waals surface area (Å²) in [7, 11) is 3.25. The van der Waals surface area contributed by atoms with Crippen molar-refractivity contribution < 1.29 is 29.0 Å². The molecule has 0 radical (unpaired) electrons. The van der Waals surface area contributed by atoms with E-state index in [1.165, 1.54) is 4.90 Å². The fourth-order valence-corrected chi connectivity index (χ4v) is 5.38. The van der Waals surface area contributed by atoms with Gasteiger partial charge in [0.15, 0.2) is 0 Å². The van der Waals surface area contributed by atoms with Crippen LogP contribution >= 0.6 is 0 Å². The van der Waals surface area contributed by atoms with Crippen LogP contribution in [0.3, 0.4) is 0 Å². The number of methoxy groups -OCH3 is 1. The second-order valence-corrected chi connectivity index (χ2v) is 11.5. The molecule has 11 nitrogen and oxygen atoms in total. The maximum absolute atomic E-state index is 13.8. The summed E-state index contributed by atoms with van der Waals surface area (Å²) in [5.74, 6) is 0.486. The van der Waals surface area contributed by atoms with E-state index in [0.717, 1.165) is 10.8 Å². The van der Waals surface area contributed by atoms with Gasteiger partial charge in [-0.25, -0.2) is 9.59 Å². The molecule has 4 N–H and O–H groups in total. The van der Waals surface area contributed by atoms with Gasteiger partial charge in [-0.2, -0.15) is 0 Å². The number of fused-ring (bicyclic) bond motifs is 2. The monoisotopic (exact) mass is 625 g/mol. The lowest BCUT2D eigenvalue weighted by Crippen LogP contribution is -2.50. The summed E-state index contributed by atoms with van der Waals surface area (Å²) in [4.78, 5) is 43.0. The number of rotatable bonds is 8. The van der Waals surface area contributed by atoms with E-state index in [0.29, 0.717) is 28.6 Å². The number of ether oxygens (including phenoxy) is 2. The zero-order chi connectivity index (χ0) is 32.8. The number of nitrogens with zero attached hydrogens (tertiary/aromatic N) is 2. The van der Waals surface area contributed by atoms with Gasteiger partial charge in [0.05, 0.1) is 37.6 Å². The number of aliphatic hydroxyl groups is 1. The highest BCUT2D eigenvalue weighted by Crippen LogP contribution is 2.31. The number of aliphatic hydroxyl groups excluding tert-OH is 1. The summed E-state index contributed by atoms with van der Waals surface area (Å²) in [6.07, 6.45) is -0.486. The third kappa shape index (κ3) is 7.32. The first-order valence-corrected chi connectivity index (χ1v) is 15.1. The number of hydrogen-bond donors (Lipinski definition) is 4. The minimum absolute atomic E-state index is 0.188. The molecule has 0 unspecified atom stereocenters. The molecule has 0 bridgehead atoms. The highest BCUT2D eigenvalue weighted by Gasteiger charge is 2.34. The molecule has 46 heavy (non-hydrogen) atoms. The second-order valence-electron chi connectivity index (χ2n) is 11.5. The maximum Gasteiger partial charge on any atom is 0.323 e. The molecule has 0 aromatic heterocycles. The largest absolute Gasteiger partial charge is 0.497 e. The molecule has 0 saturated carbocycles. The summed E-state index contributed by atoms with van der Waals surface area (Å²) < 4.78 is 11.6. The minimum atomic E-state index is -0.486. The minimum Gasteiger partial charge on any atom is -0.497 e. The van der Waals surface area contributed by atoms with Gasteiger partial charge in [-0.15, -0.1) is 0 Å². The van der Waals surface area contributed by atoms with Crippen LogP contribution in [0.2, 0.25) is 0 Å². The predicted octanol–water partition coefficient (Wildman–Crippen LogP) is 5.88. The van der Waals surface area contributed by atoms with Crippen molar-refractivity contribution >= 4 is 45.8 Å². The van der Waals surface area contributed by atoms with Crippen molar-refractivity contribution in [3.05, 3.63) is 90.5 Å². The molecular weight excluding hydrogens is 586 g/mol. The highest BCUT2D eigenvalue weighted by atomic mass is 16.5. The van der Waals surface area contributed by atoms with Crippen LogP contribution in [0.15, 0.2) is 84.9 Å². The molecule has 5 amide bonds. The van der Waals surface area contributed by atoms with Crippen LogP contribution in [0.5, 0.6) is 11.5 Å². The average molecular weight is 626 g/mol. The van der Waals surface area contributed by atoms with E-state index >= 15 is 0 Å². The van der Waals surface area contributed by atoms with Crippen molar-refractivity contribution in [2.75, 3.05) is 49.8 Å². The Hall–Kier alpha value is -5.29. The zero-order valence-corrected chi connectivity index (χ0v) is 26.3. The van der Waals surface area contributed by atoms with Crippen molar-refractivity contribution in [2.24, 2.45) is 5.92 Å². The number of amides is 5. The van der Waals surface area contributed by atoms with Crippen molar-refractivity contribution in [1.82, 2.24) is 9.80 Å². The number of likely N-dealkylation sites (N-methyl/N-ethyl adjacent to an activating group) is 1. The lowest BCUT2D eigenvalue weighted by molar-refractivity contribution is 0.0371. The molecule has 3 atom stereocenters. The van der Waals surface area contributed by atoms with Gasteiger partial charge in [-0.3, -0.25) is 4.79 Å². The van der Waals surface area contributed by atoms with Gasteiger partial charge in [0.2, 0.25) is 0 Å². The highest BCUT2D eigenvalue weighted by molar-refractivity contribution is 6.07. The van der Waals surface area contributed by atoms with Gasteiger partial charge in [-0.05, 0) is 60.8 Å². The number of urea groups is 2. The predicted molar refractivity (Wildman–Crippen MR) is 179 cm³/mol. The van der Waals surface area contributed by atoms with E-state index in [9.17, 15) is 19.5 Å². The van der Waals surface area contributed by atoms with Crippen LogP contribution in [0, 0.1) is 5.92 Å². The Labute approximate surface area is 268 Å². The van der Waals surface area contributed by atoms with Crippen LogP contribution in [-0.2, 0) is 0 Å². The first-order valence-electron chi connectivity index (χ1n) is 15.1.